The third-order valence-electron chi connectivity index (χ3n) is 4.37. The Bertz CT molecular complexity index is 763. The summed E-state index contributed by atoms with van der Waals surface area (Å²) in [6, 6.07) is 11.2. The van der Waals surface area contributed by atoms with Gasteiger partial charge in [0.25, 0.3) is 0 Å². The van der Waals surface area contributed by atoms with Gasteiger partial charge in [0.05, 0.1) is 0 Å². The van der Waals surface area contributed by atoms with Crippen LogP contribution in [0.1, 0.15) is 37.5 Å². The van der Waals surface area contributed by atoms with Crippen LogP contribution in [0.25, 0.3) is 0 Å². The summed E-state index contributed by atoms with van der Waals surface area (Å²) in [6.07, 6.45) is 0. The maximum atomic E-state index is 5.95. The Morgan fingerprint density at radius 1 is 1.00 bits per heavy atom. The van der Waals surface area contributed by atoms with Crippen LogP contribution in [-0.2, 0) is 10.2 Å². The Kier molecular flexibility index (Phi) is 6.71. The first-order valence-corrected chi connectivity index (χ1v) is 9.95. The van der Waals surface area contributed by atoms with E-state index in [1.54, 1.807) is 7.11 Å². The second kappa shape index (κ2) is 8.41. The Labute approximate surface area is 160 Å². The van der Waals surface area contributed by atoms with E-state index in [2.05, 4.69) is 83.9 Å². The minimum absolute atomic E-state index is 0.0986. The summed E-state index contributed by atoms with van der Waals surface area (Å²) in [6.45, 7) is 11.3. The number of ether oxygens (including phenoxy) is 2. The van der Waals surface area contributed by atoms with Crippen LogP contribution >= 0.6 is 8.58 Å². The zero-order valence-corrected chi connectivity index (χ0v) is 18.4. The summed E-state index contributed by atoms with van der Waals surface area (Å²) in [4.78, 5) is 2.19. The molecule has 0 aliphatic rings. The number of hydrogen-bond acceptors (Lipinski definition) is 3. The molecule has 0 heterocycles. The van der Waals surface area contributed by atoms with Crippen molar-refractivity contribution < 1.29 is 9.47 Å². The Balaban J connectivity index is 2.54. The quantitative estimate of drug-likeness (QED) is 0.557. The molecule has 0 saturated heterocycles. The van der Waals surface area contributed by atoms with Gasteiger partial charge >= 0.3 is 0 Å². The molecule has 2 rings (SSSR count). The first-order chi connectivity index (χ1) is 12.1. The number of benzene rings is 2. The average Bonchev–Trinajstić information content (AvgIpc) is 2.54. The average molecular weight is 373 g/mol. The summed E-state index contributed by atoms with van der Waals surface area (Å²) in [5.41, 5.74) is 5.13. The molecule has 26 heavy (non-hydrogen) atoms. The summed E-state index contributed by atoms with van der Waals surface area (Å²) >= 11 is 0. The van der Waals surface area contributed by atoms with Crippen molar-refractivity contribution >= 4 is 24.9 Å². The van der Waals surface area contributed by atoms with Gasteiger partial charge in [-0.3, -0.25) is 0 Å². The fraction of sp³-hybridized carbons (Fsp3) is 0.455. The van der Waals surface area contributed by atoms with Crippen LogP contribution in [-0.4, -0.2) is 28.0 Å². The van der Waals surface area contributed by atoms with E-state index in [-0.39, 0.29) is 12.2 Å². The molecule has 3 nitrogen and oxygen atoms in total. The largest absolute Gasteiger partial charge is 0.467 e. The van der Waals surface area contributed by atoms with Crippen molar-refractivity contribution in [3.8, 4) is 5.75 Å². The molecular weight excluding hydrogens is 341 g/mol. The minimum atomic E-state index is 0.0986. The van der Waals surface area contributed by atoms with E-state index in [9.17, 15) is 0 Å². The Morgan fingerprint density at radius 2 is 1.69 bits per heavy atom. The molecule has 2 aromatic rings. The third-order valence-corrected chi connectivity index (χ3v) is 5.70. The van der Waals surface area contributed by atoms with Gasteiger partial charge in [-0.2, -0.15) is 0 Å². The molecule has 0 fully saturated rings. The standard InChI is InChI=1S/C22H32NO2P/c1-15-9-10-19(18(11-15)23(6)7)26-20-13-17(22(3,4)5)12-16(2)21(20)25-14-24-8/h9-13,26H,14H2,1-8H3. The van der Waals surface area contributed by atoms with E-state index < -0.39 is 0 Å². The molecule has 142 valence electrons. The normalized spacial score (nSPS) is 12.0. The molecular formula is C22H32NO2P. The summed E-state index contributed by atoms with van der Waals surface area (Å²) in [5.74, 6) is 0.948. The first-order valence-electron chi connectivity index (χ1n) is 8.95. The van der Waals surface area contributed by atoms with Crippen LogP contribution in [0.5, 0.6) is 5.75 Å². The van der Waals surface area contributed by atoms with Crippen molar-refractivity contribution in [1.82, 2.24) is 0 Å². The second-order valence-corrected chi connectivity index (χ2v) is 9.34. The van der Waals surface area contributed by atoms with E-state index in [1.807, 2.05) is 0 Å². The molecule has 0 aliphatic carbocycles. The van der Waals surface area contributed by atoms with Gasteiger partial charge in [-0.05, 0) is 48.1 Å². The summed E-state index contributed by atoms with van der Waals surface area (Å²) in [7, 11) is 6.38. The van der Waals surface area contributed by atoms with E-state index in [0.717, 1.165) is 11.3 Å². The van der Waals surface area contributed by atoms with E-state index >= 15 is 0 Å². The van der Waals surface area contributed by atoms with E-state index in [0.29, 0.717) is 8.58 Å². The van der Waals surface area contributed by atoms with Crippen molar-refractivity contribution in [3.63, 3.8) is 0 Å². The van der Waals surface area contributed by atoms with Crippen molar-refractivity contribution in [2.75, 3.05) is 32.9 Å². The first kappa shape index (κ1) is 20.7. The topological polar surface area (TPSA) is 21.7 Å². The molecule has 0 saturated carbocycles. The molecule has 4 heteroatoms. The van der Waals surface area contributed by atoms with Gasteiger partial charge < -0.3 is 14.4 Å². The lowest BCUT2D eigenvalue weighted by Gasteiger charge is -2.24. The minimum Gasteiger partial charge on any atom is -0.467 e. The fourth-order valence-electron chi connectivity index (χ4n) is 2.87. The number of hydrogen-bond donors (Lipinski definition) is 0. The smallest absolute Gasteiger partial charge is 0.188 e. The Morgan fingerprint density at radius 3 is 2.27 bits per heavy atom. The van der Waals surface area contributed by atoms with Crippen LogP contribution in [0.15, 0.2) is 30.3 Å². The van der Waals surface area contributed by atoms with Crippen LogP contribution in [0.4, 0.5) is 5.69 Å². The maximum Gasteiger partial charge on any atom is 0.188 e. The zero-order valence-electron chi connectivity index (χ0n) is 17.4. The lowest BCUT2D eigenvalue weighted by molar-refractivity contribution is 0.0514. The number of rotatable bonds is 6. The highest BCUT2D eigenvalue weighted by Crippen LogP contribution is 2.32. The SMILES string of the molecule is COCOc1c(C)cc(C(C)(C)C)cc1Pc1ccc(C)cc1N(C)C. The molecule has 1 atom stereocenters. The lowest BCUT2D eigenvalue weighted by atomic mass is 9.86. The molecule has 0 aromatic heterocycles. The third kappa shape index (κ3) is 4.99. The highest BCUT2D eigenvalue weighted by Gasteiger charge is 2.19. The molecule has 0 radical (unpaired) electrons. The summed E-state index contributed by atoms with van der Waals surface area (Å²) in [5, 5.41) is 2.56. The molecule has 1 unspecified atom stereocenters. The highest BCUT2D eigenvalue weighted by atomic mass is 31.1. The Hall–Kier alpha value is -1.57. The predicted molar refractivity (Wildman–Crippen MR) is 115 cm³/mol. The zero-order chi connectivity index (χ0) is 19.5. The van der Waals surface area contributed by atoms with Crippen molar-refractivity contribution in [2.24, 2.45) is 0 Å². The van der Waals surface area contributed by atoms with Crippen molar-refractivity contribution in [2.45, 2.75) is 40.0 Å². The van der Waals surface area contributed by atoms with Gasteiger partial charge in [-0.1, -0.05) is 47.6 Å². The van der Waals surface area contributed by atoms with Crippen LogP contribution in [0.2, 0.25) is 0 Å². The number of methoxy groups -OCH3 is 1. The summed E-state index contributed by atoms with van der Waals surface area (Å²) < 4.78 is 11.1. The van der Waals surface area contributed by atoms with Gasteiger partial charge in [0.15, 0.2) is 6.79 Å². The fourth-order valence-corrected chi connectivity index (χ4v) is 4.36. The molecule has 0 N–H and O–H groups in total. The monoisotopic (exact) mass is 373 g/mol. The van der Waals surface area contributed by atoms with Gasteiger partial charge in [0, 0.05) is 37.5 Å². The van der Waals surface area contributed by atoms with Gasteiger partial charge in [0.1, 0.15) is 5.75 Å². The predicted octanol–water partition coefficient (Wildman–Crippen LogP) is 4.28. The number of aryl methyl sites for hydroxylation is 2. The van der Waals surface area contributed by atoms with E-state index in [1.165, 1.54) is 27.4 Å². The van der Waals surface area contributed by atoms with Gasteiger partial charge in [-0.15, -0.1) is 0 Å². The molecule has 0 aliphatic heterocycles. The lowest BCUT2D eigenvalue weighted by Crippen LogP contribution is -2.21. The molecule has 0 bridgehead atoms. The van der Waals surface area contributed by atoms with Gasteiger partial charge in [0.2, 0.25) is 0 Å². The molecule has 2 aromatic carbocycles. The maximum absolute atomic E-state index is 5.95. The van der Waals surface area contributed by atoms with Crippen LogP contribution in [0, 0.1) is 13.8 Å². The second-order valence-electron chi connectivity index (χ2n) is 8.01. The van der Waals surface area contributed by atoms with Gasteiger partial charge in [-0.25, -0.2) is 0 Å². The number of nitrogens with zero attached hydrogens (tertiary/aromatic N) is 1. The van der Waals surface area contributed by atoms with Crippen molar-refractivity contribution in [1.29, 1.82) is 0 Å². The van der Waals surface area contributed by atoms with Crippen molar-refractivity contribution in [3.05, 3.63) is 47.0 Å². The molecule has 0 spiro atoms. The van der Waals surface area contributed by atoms with Crippen LogP contribution in [0.3, 0.4) is 0 Å². The van der Waals surface area contributed by atoms with Crippen LogP contribution < -0.4 is 20.2 Å². The highest BCUT2D eigenvalue weighted by molar-refractivity contribution is 7.56. The number of anilines is 1. The van der Waals surface area contributed by atoms with E-state index in [4.69, 9.17) is 9.47 Å². The molecule has 0 amide bonds.